The molecule has 2 atom stereocenters. The average molecular weight is 315 g/mol. The number of rotatable bonds is 11. The van der Waals surface area contributed by atoms with Gasteiger partial charge in [-0.05, 0) is 43.3 Å². The first-order valence-corrected chi connectivity index (χ1v) is 11.4. The van der Waals surface area contributed by atoms with E-state index in [0.29, 0.717) is 11.0 Å². The molecular weight excluding hydrogens is 276 g/mol. The minimum absolute atomic E-state index is 0.289. The van der Waals surface area contributed by atoms with Crippen molar-refractivity contribution in [1.82, 2.24) is 0 Å². The highest BCUT2D eigenvalue weighted by Crippen LogP contribution is 2.36. The predicted octanol–water partition coefficient (Wildman–Crippen LogP) is 5.80. The molecule has 0 aliphatic rings. The molecule has 3 heteroatoms. The lowest BCUT2D eigenvalue weighted by atomic mass is 10.0. The maximum absolute atomic E-state index is 6.24. The SMILES string of the molecule is C=C[C@H](C)[C@@H](CCCO[Si](C)(C)C(C)(C)C)OCCCC. The Balaban J connectivity index is 4.16. The lowest BCUT2D eigenvalue weighted by Crippen LogP contribution is -2.41. The van der Waals surface area contributed by atoms with E-state index < -0.39 is 8.32 Å². The number of hydrogen-bond donors (Lipinski definition) is 0. The Morgan fingerprint density at radius 3 is 2.24 bits per heavy atom. The zero-order valence-electron chi connectivity index (χ0n) is 15.5. The summed E-state index contributed by atoms with van der Waals surface area (Å²) < 4.78 is 12.3. The van der Waals surface area contributed by atoms with E-state index in [1.807, 2.05) is 6.08 Å². The van der Waals surface area contributed by atoms with E-state index in [9.17, 15) is 0 Å². The second-order valence-electron chi connectivity index (χ2n) is 7.61. The smallest absolute Gasteiger partial charge is 0.191 e. The van der Waals surface area contributed by atoms with E-state index in [4.69, 9.17) is 9.16 Å². The zero-order valence-corrected chi connectivity index (χ0v) is 16.5. The highest BCUT2D eigenvalue weighted by atomic mass is 28.4. The molecule has 0 fully saturated rings. The molecule has 0 aromatic heterocycles. The van der Waals surface area contributed by atoms with E-state index in [1.54, 1.807) is 0 Å². The lowest BCUT2D eigenvalue weighted by molar-refractivity contribution is 0.0190. The van der Waals surface area contributed by atoms with E-state index in [2.05, 4.69) is 54.3 Å². The van der Waals surface area contributed by atoms with Crippen molar-refractivity contribution in [2.24, 2.45) is 5.92 Å². The molecule has 0 bridgehead atoms. The summed E-state index contributed by atoms with van der Waals surface area (Å²) in [6.45, 7) is 21.5. The highest BCUT2D eigenvalue weighted by Gasteiger charge is 2.36. The molecule has 0 aromatic carbocycles. The summed E-state index contributed by atoms with van der Waals surface area (Å²) in [6.07, 6.45) is 6.75. The van der Waals surface area contributed by atoms with Gasteiger partial charge in [0, 0.05) is 13.2 Å². The van der Waals surface area contributed by atoms with Gasteiger partial charge in [0.1, 0.15) is 0 Å². The molecule has 0 aromatic rings. The van der Waals surface area contributed by atoms with Crippen LogP contribution in [0.3, 0.4) is 0 Å². The summed E-state index contributed by atoms with van der Waals surface area (Å²) in [6, 6.07) is 0. The van der Waals surface area contributed by atoms with Gasteiger partial charge < -0.3 is 9.16 Å². The maximum Gasteiger partial charge on any atom is 0.191 e. The van der Waals surface area contributed by atoms with Crippen LogP contribution < -0.4 is 0 Å². The monoisotopic (exact) mass is 314 g/mol. The molecule has 126 valence electrons. The molecule has 0 amide bonds. The van der Waals surface area contributed by atoms with E-state index in [-0.39, 0.29) is 6.10 Å². The first kappa shape index (κ1) is 20.9. The van der Waals surface area contributed by atoms with Gasteiger partial charge in [0.05, 0.1) is 6.10 Å². The Bertz CT molecular complexity index is 281. The Morgan fingerprint density at radius 1 is 1.14 bits per heavy atom. The van der Waals surface area contributed by atoms with Crippen molar-refractivity contribution in [3.63, 3.8) is 0 Å². The fourth-order valence-corrected chi connectivity index (χ4v) is 2.94. The minimum Gasteiger partial charge on any atom is -0.417 e. The van der Waals surface area contributed by atoms with E-state index >= 15 is 0 Å². The average Bonchev–Trinajstić information content (AvgIpc) is 2.39. The van der Waals surface area contributed by atoms with Crippen LogP contribution in [0.5, 0.6) is 0 Å². The van der Waals surface area contributed by atoms with Crippen molar-refractivity contribution < 1.29 is 9.16 Å². The Hall–Kier alpha value is -0.123. The molecule has 0 N–H and O–H groups in total. The first-order valence-electron chi connectivity index (χ1n) is 8.53. The third-order valence-electron chi connectivity index (χ3n) is 4.69. The summed E-state index contributed by atoms with van der Waals surface area (Å²) in [5, 5.41) is 0.290. The van der Waals surface area contributed by atoms with Gasteiger partial charge in [-0.1, -0.05) is 47.1 Å². The number of hydrogen-bond acceptors (Lipinski definition) is 2. The Kier molecular flexibility index (Phi) is 9.75. The van der Waals surface area contributed by atoms with E-state index in [1.165, 1.54) is 6.42 Å². The van der Waals surface area contributed by atoms with Gasteiger partial charge in [-0.15, -0.1) is 6.58 Å². The van der Waals surface area contributed by atoms with Crippen LogP contribution >= 0.6 is 0 Å². The molecule has 21 heavy (non-hydrogen) atoms. The molecule has 0 unspecified atom stereocenters. The normalized spacial score (nSPS) is 15.8. The van der Waals surface area contributed by atoms with E-state index in [0.717, 1.165) is 32.5 Å². The number of ether oxygens (including phenoxy) is 1. The predicted molar refractivity (Wildman–Crippen MR) is 96.4 cm³/mol. The van der Waals surface area contributed by atoms with Crippen LogP contribution in [0.25, 0.3) is 0 Å². The molecule has 0 heterocycles. The molecular formula is C18H38O2Si. The highest BCUT2D eigenvalue weighted by molar-refractivity contribution is 6.74. The van der Waals surface area contributed by atoms with Crippen LogP contribution in [-0.2, 0) is 9.16 Å². The maximum atomic E-state index is 6.24. The fraction of sp³-hybridized carbons (Fsp3) is 0.889. The Labute approximate surface area is 134 Å². The van der Waals surface area contributed by atoms with Crippen molar-refractivity contribution in [2.75, 3.05) is 13.2 Å². The van der Waals surface area contributed by atoms with Gasteiger partial charge in [0.25, 0.3) is 0 Å². The van der Waals surface area contributed by atoms with Crippen LogP contribution in [-0.4, -0.2) is 27.6 Å². The summed E-state index contributed by atoms with van der Waals surface area (Å²) >= 11 is 0. The van der Waals surface area contributed by atoms with Gasteiger partial charge in [0.2, 0.25) is 0 Å². The third-order valence-corrected chi connectivity index (χ3v) is 9.23. The summed E-state index contributed by atoms with van der Waals surface area (Å²) in [7, 11) is -1.60. The second-order valence-corrected chi connectivity index (χ2v) is 12.4. The quantitative estimate of drug-likeness (QED) is 0.273. The number of unbranched alkanes of at least 4 members (excludes halogenated alkanes) is 1. The molecule has 0 spiro atoms. The van der Waals surface area contributed by atoms with Crippen LogP contribution in [0.15, 0.2) is 12.7 Å². The zero-order chi connectivity index (χ0) is 16.5. The van der Waals surface area contributed by atoms with Gasteiger partial charge in [-0.3, -0.25) is 0 Å². The molecule has 0 saturated carbocycles. The largest absolute Gasteiger partial charge is 0.417 e. The lowest BCUT2D eigenvalue weighted by Gasteiger charge is -2.36. The van der Waals surface area contributed by atoms with Gasteiger partial charge in [0.15, 0.2) is 8.32 Å². The van der Waals surface area contributed by atoms with Crippen molar-refractivity contribution >= 4 is 8.32 Å². The summed E-state index contributed by atoms with van der Waals surface area (Å²) in [5.41, 5.74) is 0. The van der Waals surface area contributed by atoms with Crippen molar-refractivity contribution in [2.45, 2.75) is 84.5 Å². The first-order chi connectivity index (χ1) is 9.65. The summed E-state index contributed by atoms with van der Waals surface area (Å²) in [5.74, 6) is 0.412. The van der Waals surface area contributed by atoms with Crippen molar-refractivity contribution in [1.29, 1.82) is 0 Å². The minimum atomic E-state index is -1.60. The Morgan fingerprint density at radius 2 is 1.76 bits per heavy atom. The molecule has 0 aliphatic carbocycles. The topological polar surface area (TPSA) is 18.5 Å². The van der Waals surface area contributed by atoms with Gasteiger partial charge in [-0.25, -0.2) is 0 Å². The van der Waals surface area contributed by atoms with Gasteiger partial charge in [-0.2, -0.15) is 0 Å². The van der Waals surface area contributed by atoms with Gasteiger partial charge >= 0.3 is 0 Å². The van der Waals surface area contributed by atoms with Crippen LogP contribution in [0.1, 0.15) is 60.3 Å². The standard InChI is InChI=1S/C18H38O2Si/c1-9-11-14-19-17(16(3)10-2)13-12-15-20-21(7,8)18(4,5)6/h10,16-17H,2,9,11-15H2,1,3-8H3/t16-,17+/m0/s1. The molecule has 0 saturated heterocycles. The molecule has 2 nitrogen and oxygen atoms in total. The molecule has 0 aliphatic heterocycles. The van der Waals surface area contributed by atoms with Crippen molar-refractivity contribution in [3.05, 3.63) is 12.7 Å². The van der Waals surface area contributed by atoms with Crippen molar-refractivity contribution in [3.8, 4) is 0 Å². The fourth-order valence-electron chi connectivity index (χ4n) is 1.86. The third kappa shape index (κ3) is 8.17. The van der Waals surface area contributed by atoms with Crippen LogP contribution in [0.2, 0.25) is 18.1 Å². The summed E-state index contributed by atoms with van der Waals surface area (Å²) in [4.78, 5) is 0. The second kappa shape index (κ2) is 9.81. The molecule has 0 rings (SSSR count). The van der Waals surface area contributed by atoms with Crippen LogP contribution in [0, 0.1) is 5.92 Å². The molecule has 0 radical (unpaired) electrons. The van der Waals surface area contributed by atoms with Crippen LogP contribution in [0.4, 0.5) is 0 Å².